The van der Waals surface area contributed by atoms with Gasteiger partial charge < -0.3 is 5.32 Å². The van der Waals surface area contributed by atoms with Crippen molar-refractivity contribution in [1.29, 1.82) is 0 Å². The fourth-order valence-corrected chi connectivity index (χ4v) is 3.37. The van der Waals surface area contributed by atoms with Crippen molar-refractivity contribution < 1.29 is 28.2 Å². The molecule has 2 aromatic carbocycles. The number of nitrogens with zero attached hydrogens (tertiary/aromatic N) is 1. The monoisotopic (exact) mass is 424 g/mol. The van der Waals surface area contributed by atoms with Crippen LogP contribution in [-0.2, 0) is 11.2 Å². The maximum atomic E-state index is 13.9. The van der Waals surface area contributed by atoms with Crippen LogP contribution in [0.3, 0.4) is 0 Å². The van der Waals surface area contributed by atoms with Crippen molar-refractivity contribution in [3.63, 3.8) is 0 Å². The van der Waals surface area contributed by atoms with Crippen LogP contribution in [0.2, 0.25) is 0 Å². The molecule has 160 valence electrons. The number of pyridine rings is 1. The molecule has 1 heterocycles. The largest absolute Gasteiger partial charge is 0.390 e. The second-order valence-electron chi connectivity index (χ2n) is 7.54. The van der Waals surface area contributed by atoms with Gasteiger partial charge >= 0.3 is 6.18 Å². The third-order valence-corrected chi connectivity index (χ3v) is 4.88. The maximum Gasteiger partial charge on any atom is 0.390 e. The Labute approximate surface area is 171 Å². The molecule has 3 nitrogen and oxygen atoms in total. The van der Waals surface area contributed by atoms with Gasteiger partial charge in [0.05, 0.1) is 23.2 Å². The molecule has 0 bridgehead atoms. The number of alkyl halides is 3. The molecule has 8 heteroatoms. The molecule has 3 aromatic rings. The minimum atomic E-state index is -4.59. The molecule has 1 N–H and O–H groups in total. The molecule has 1 aromatic heterocycles. The van der Waals surface area contributed by atoms with Crippen molar-refractivity contribution in [3.8, 4) is 0 Å². The Bertz CT molecular complexity index is 1090. The molecule has 0 aliphatic heterocycles. The van der Waals surface area contributed by atoms with Gasteiger partial charge in [0, 0.05) is 6.81 Å². The lowest BCUT2D eigenvalue weighted by molar-refractivity contribution is -0.164. The van der Waals surface area contributed by atoms with Crippen molar-refractivity contribution in [2.45, 2.75) is 32.9 Å². The first kappa shape index (κ1) is 21.7. The van der Waals surface area contributed by atoms with Crippen LogP contribution in [0.4, 0.5) is 27.6 Å². The number of anilines is 1. The van der Waals surface area contributed by atoms with Crippen LogP contribution in [0, 0.1) is 24.0 Å². The molecule has 1 atom stereocenters. The molecule has 1 unspecified atom stereocenters. The molecule has 0 spiro atoms. The number of carbonyl (C=O) groups is 1. The zero-order chi connectivity index (χ0) is 22.1. The summed E-state index contributed by atoms with van der Waals surface area (Å²) in [4.78, 5) is 17.1. The fourth-order valence-electron chi connectivity index (χ4n) is 3.37. The predicted octanol–water partition coefficient (Wildman–Crippen LogP) is 6.21. The highest BCUT2D eigenvalue weighted by atomic mass is 19.4. The molecule has 0 saturated heterocycles. The van der Waals surface area contributed by atoms with Crippen molar-refractivity contribution in [1.82, 2.24) is 4.98 Å². The van der Waals surface area contributed by atoms with Crippen molar-refractivity contribution in [2.24, 2.45) is 5.41 Å². The number of hydrogen-bond donors (Lipinski definition) is 1. The Morgan fingerprint density at radius 3 is 2.40 bits per heavy atom. The topological polar surface area (TPSA) is 42.0 Å². The van der Waals surface area contributed by atoms with E-state index in [2.05, 4.69) is 10.3 Å². The first-order chi connectivity index (χ1) is 14.0. The fraction of sp³-hybridized carbons (Fsp3) is 0.273. The second-order valence-corrected chi connectivity index (χ2v) is 7.54. The highest BCUT2D eigenvalue weighted by molar-refractivity contribution is 5.97. The van der Waals surface area contributed by atoms with E-state index in [4.69, 9.17) is 0 Å². The van der Waals surface area contributed by atoms with Gasteiger partial charge in [0.15, 0.2) is 0 Å². The third kappa shape index (κ3) is 4.93. The quantitative estimate of drug-likeness (QED) is 0.495. The minimum absolute atomic E-state index is 0. The summed E-state index contributed by atoms with van der Waals surface area (Å²) in [6.07, 6.45) is -6.20. The van der Waals surface area contributed by atoms with Crippen molar-refractivity contribution >= 4 is 22.5 Å². The number of halogens is 5. The van der Waals surface area contributed by atoms with E-state index in [9.17, 15) is 26.7 Å². The van der Waals surface area contributed by atoms with Gasteiger partial charge in [0.2, 0.25) is 5.91 Å². The number of para-hydroxylation sites is 1. The smallest absolute Gasteiger partial charge is 0.324 e. The highest BCUT2D eigenvalue weighted by Crippen LogP contribution is 2.38. The Balaban J connectivity index is 0.00000341. The summed E-state index contributed by atoms with van der Waals surface area (Å²) in [7, 11) is 0. The molecule has 1 amide bonds. The SMILES string of the molecule is Cc1nc2c(F)cccc2cc1NC(=O)C(C)(Cc1ccc(F)cc1)CC(F)(F)F.[HH]. The van der Waals surface area contributed by atoms with E-state index in [1.165, 1.54) is 44.2 Å². The van der Waals surface area contributed by atoms with E-state index in [1.54, 1.807) is 6.07 Å². The first-order valence-corrected chi connectivity index (χ1v) is 9.15. The van der Waals surface area contributed by atoms with Crippen LogP contribution in [0.15, 0.2) is 48.5 Å². The lowest BCUT2D eigenvalue weighted by atomic mass is 9.79. The predicted molar refractivity (Wildman–Crippen MR) is 106 cm³/mol. The lowest BCUT2D eigenvalue weighted by Gasteiger charge is -2.30. The van der Waals surface area contributed by atoms with Gasteiger partial charge in [-0.2, -0.15) is 13.2 Å². The molecular formula is C22H21F5N2O. The molecule has 0 fully saturated rings. The van der Waals surface area contributed by atoms with Gasteiger partial charge in [-0.15, -0.1) is 0 Å². The molecule has 3 rings (SSSR count). The van der Waals surface area contributed by atoms with Crippen LogP contribution in [0.1, 0.15) is 26.0 Å². The molecule has 0 radical (unpaired) electrons. The number of carbonyl (C=O) groups excluding carboxylic acids is 1. The summed E-state index contributed by atoms with van der Waals surface area (Å²) in [6.45, 7) is 2.74. The number of amides is 1. The summed E-state index contributed by atoms with van der Waals surface area (Å²) in [5.74, 6) is -1.91. The normalized spacial score (nSPS) is 13.8. The standard InChI is InChI=1S/C22H19F5N2O.H2/c1-13-18(10-15-4-3-5-17(24)19(15)28-13)29-20(30)21(2,12-22(25,26)27)11-14-6-8-16(23)9-7-14;/h3-10H,11-12H2,1-2H3,(H,29,30);1H. The first-order valence-electron chi connectivity index (χ1n) is 9.15. The van der Waals surface area contributed by atoms with E-state index >= 15 is 0 Å². The minimum Gasteiger partial charge on any atom is -0.324 e. The number of benzene rings is 2. The summed E-state index contributed by atoms with van der Waals surface area (Å²) in [5, 5.41) is 2.93. The van der Waals surface area contributed by atoms with Gasteiger partial charge in [0.25, 0.3) is 0 Å². The number of nitrogens with one attached hydrogen (secondary N) is 1. The Morgan fingerprint density at radius 1 is 1.10 bits per heavy atom. The van der Waals surface area contributed by atoms with Crippen LogP contribution >= 0.6 is 0 Å². The highest BCUT2D eigenvalue weighted by Gasteiger charge is 2.44. The lowest BCUT2D eigenvalue weighted by Crippen LogP contribution is -2.39. The van der Waals surface area contributed by atoms with Gasteiger partial charge in [-0.1, -0.05) is 31.2 Å². The van der Waals surface area contributed by atoms with Crippen LogP contribution in [0.25, 0.3) is 10.9 Å². The van der Waals surface area contributed by atoms with E-state index in [-0.39, 0.29) is 24.7 Å². The second kappa shape index (κ2) is 8.01. The summed E-state index contributed by atoms with van der Waals surface area (Å²) < 4.78 is 66.8. The molecule has 0 saturated carbocycles. The Morgan fingerprint density at radius 2 is 1.77 bits per heavy atom. The number of fused-ring (bicyclic) bond motifs is 1. The summed E-state index contributed by atoms with van der Waals surface area (Å²) in [6, 6.07) is 10.8. The van der Waals surface area contributed by atoms with E-state index in [1.807, 2.05) is 0 Å². The zero-order valence-corrected chi connectivity index (χ0v) is 16.3. The van der Waals surface area contributed by atoms with E-state index in [0.717, 1.165) is 12.1 Å². The van der Waals surface area contributed by atoms with Crippen LogP contribution < -0.4 is 5.32 Å². The summed E-state index contributed by atoms with van der Waals surface area (Å²) >= 11 is 0. The number of aryl methyl sites for hydroxylation is 1. The number of aromatic nitrogens is 1. The van der Waals surface area contributed by atoms with Crippen LogP contribution in [0.5, 0.6) is 0 Å². The Kier molecular flexibility index (Phi) is 5.78. The average Bonchev–Trinajstić information content (AvgIpc) is 2.63. The van der Waals surface area contributed by atoms with E-state index in [0.29, 0.717) is 10.9 Å². The summed E-state index contributed by atoms with van der Waals surface area (Å²) in [5.41, 5.74) is -0.867. The number of rotatable bonds is 5. The average molecular weight is 424 g/mol. The van der Waals surface area contributed by atoms with E-state index < -0.39 is 35.6 Å². The molecule has 0 aliphatic rings. The van der Waals surface area contributed by atoms with Gasteiger partial charge in [-0.3, -0.25) is 4.79 Å². The Hall–Kier alpha value is -3.03. The molecular weight excluding hydrogens is 403 g/mol. The molecule has 0 aliphatic carbocycles. The van der Waals surface area contributed by atoms with Gasteiger partial charge in [-0.25, -0.2) is 13.8 Å². The maximum absolute atomic E-state index is 13.9. The zero-order valence-electron chi connectivity index (χ0n) is 16.3. The van der Waals surface area contributed by atoms with Crippen LogP contribution in [-0.4, -0.2) is 17.1 Å². The van der Waals surface area contributed by atoms with Crippen molar-refractivity contribution in [3.05, 3.63) is 71.4 Å². The third-order valence-electron chi connectivity index (χ3n) is 4.88. The molecule has 30 heavy (non-hydrogen) atoms. The van der Waals surface area contributed by atoms with Crippen molar-refractivity contribution in [2.75, 3.05) is 5.32 Å². The number of hydrogen-bond acceptors (Lipinski definition) is 2. The van der Waals surface area contributed by atoms with Gasteiger partial charge in [0.1, 0.15) is 17.2 Å². The van der Waals surface area contributed by atoms with Gasteiger partial charge in [-0.05, 0) is 43.2 Å².